The summed E-state index contributed by atoms with van der Waals surface area (Å²) in [6.45, 7) is 7.10. The number of aromatic nitrogens is 3. The van der Waals surface area contributed by atoms with E-state index in [0.29, 0.717) is 18.7 Å². The van der Waals surface area contributed by atoms with Gasteiger partial charge in [-0.05, 0) is 29.7 Å². The van der Waals surface area contributed by atoms with Crippen molar-refractivity contribution in [3.63, 3.8) is 0 Å². The van der Waals surface area contributed by atoms with Crippen molar-refractivity contribution in [1.29, 1.82) is 0 Å². The molecule has 32 heavy (non-hydrogen) atoms. The van der Waals surface area contributed by atoms with Crippen LogP contribution in [0.2, 0.25) is 0 Å². The van der Waals surface area contributed by atoms with E-state index in [1.165, 1.54) is 25.7 Å². The Morgan fingerprint density at radius 3 is 2.81 bits per heavy atom. The highest BCUT2D eigenvalue weighted by atomic mass is 19.1. The Kier molecular flexibility index (Phi) is 6.55. The van der Waals surface area contributed by atoms with E-state index in [1.807, 2.05) is 13.8 Å². The Bertz CT molecular complexity index is 1060. The number of amides is 1. The van der Waals surface area contributed by atoms with Crippen LogP contribution in [0.1, 0.15) is 47.5 Å². The summed E-state index contributed by atoms with van der Waals surface area (Å²) in [5, 5.41) is 11.9. The van der Waals surface area contributed by atoms with Gasteiger partial charge in [0, 0.05) is 32.6 Å². The normalized spacial score (nSPS) is 15.3. The molecule has 8 nitrogen and oxygen atoms in total. The number of hydrogen-bond donors (Lipinski definition) is 1. The highest BCUT2D eigenvalue weighted by Gasteiger charge is 2.28. The first kappa shape index (κ1) is 22.0. The molecule has 3 aromatic rings. The largest absolute Gasteiger partial charge is 0.494 e. The summed E-state index contributed by atoms with van der Waals surface area (Å²) < 4.78 is 26.0. The predicted octanol–water partition coefficient (Wildman–Crippen LogP) is 3.20. The van der Waals surface area contributed by atoms with Crippen LogP contribution in [0.4, 0.5) is 4.39 Å². The van der Waals surface area contributed by atoms with E-state index in [0.717, 1.165) is 36.7 Å². The molecule has 3 heterocycles. The number of rotatable bonds is 7. The minimum Gasteiger partial charge on any atom is -0.494 e. The standard InChI is InChI=1S/C23H28FN5O3/c1-15(2)21(25-23(30)17-7-11-32-14-17)22-27-26-20-6-8-28(9-10-29(20)22)13-16-4-5-18(24)19(12-16)31-3/h4-5,7,11-12,14-15,21H,6,8-10,13H2,1-3H3,(H,25,30)/t21-/m1/s1. The lowest BCUT2D eigenvalue weighted by Crippen LogP contribution is -2.34. The number of carbonyl (C=O) groups is 1. The van der Waals surface area contributed by atoms with Crippen molar-refractivity contribution in [1.82, 2.24) is 25.0 Å². The topological polar surface area (TPSA) is 85.4 Å². The summed E-state index contributed by atoms with van der Waals surface area (Å²) in [6, 6.07) is 6.33. The summed E-state index contributed by atoms with van der Waals surface area (Å²) in [5.41, 5.74) is 1.47. The van der Waals surface area contributed by atoms with Crippen molar-refractivity contribution >= 4 is 5.91 Å². The summed E-state index contributed by atoms with van der Waals surface area (Å²) >= 11 is 0. The zero-order valence-corrected chi connectivity index (χ0v) is 18.5. The molecule has 0 saturated carbocycles. The summed E-state index contributed by atoms with van der Waals surface area (Å²) in [5.74, 6) is 1.49. The van der Waals surface area contributed by atoms with E-state index in [-0.39, 0.29) is 29.4 Å². The first-order valence-electron chi connectivity index (χ1n) is 10.8. The molecule has 0 spiro atoms. The van der Waals surface area contributed by atoms with Gasteiger partial charge in [0.1, 0.15) is 12.1 Å². The average Bonchev–Trinajstić information content (AvgIpc) is 3.41. The molecule has 0 unspecified atom stereocenters. The number of furan rings is 1. The van der Waals surface area contributed by atoms with Crippen LogP contribution in [0.15, 0.2) is 41.2 Å². The van der Waals surface area contributed by atoms with E-state index in [4.69, 9.17) is 9.15 Å². The summed E-state index contributed by atoms with van der Waals surface area (Å²) in [6.07, 6.45) is 3.65. The number of fused-ring (bicyclic) bond motifs is 1. The number of benzene rings is 1. The molecule has 0 aliphatic carbocycles. The van der Waals surface area contributed by atoms with Gasteiger partial charge in [0.15, 0.2) is 17.4 Å². The number of halogens is 1. The first-order valence-corrected chi connectivity index (χ1v) is 10.8. The summed E-state index contributed by atoms with van der Waals surface area (Å²) in [4.78, 5) is 14.9. The van der Waals surface area contributed by atoms with Gasteiger partial charge in [-0.1, -0.05) is 19.9 Å². The van der Waals surface area contributed by atoms with Gasteiger partial charge in [0.25, 0.3) is 5.91 Å². The fraction of sp³-hybridized carbons (Fsp3) is 0.435. The maximum atomic E-state index is 13.7. The van der Waals surface area contributed by atoms with Crippen molar-refractivity contribution in [2.75, 3.05) is 20.2 Å². The third kappa shape index (κ3) is 4.67. The van der Waals surface area contributed by atoms with Crippen LogP contribution in [0.3, 0.4) is 0 Å². The molecule has 1 aromatic carbocycles. The van der Waals surface area contributed by atoms with Crippen molar-refractivity contribution in [2.24, 2.45) is 5.92 Å². The quantitative estimate of drug-likeness (QED) is 0.606. The Balaban J connectivity index is 1.48. The molecule has 0 bridgehead atoms. The molecule has 1 aliphatic heterocycles. The van der Waals surface area contributed by atoms with E-state index in [2.05, 4.69) is 25.0 Å². The van der Waals surface area contributed by atoms with E-state index in [1.54, 1.807) is 18.2 Å². The zero-order chi connectivity index (χ0) is 22.7. The molecule has 1 amide bonds. The lowest BCUT2D eigenvalue weighted by atomic mass is 10.0. The van der Waals surface area contributed by atoms with Crippen LogP contribution >= 0.6 is 0 Å². The highest BCUT2D eigenvalue weighted by molar-refractivity contribution is 5.94. The molecule has 1 N–H and O–H groups in total. The number of hydrogen-bond acceptors (Lipinski definition) is 6. The van der Waals surface area contributed by atoms with Crippen molar-refractivity contribution in [3.05, 3.63) is 65.4 Å². The zero-order valence-electron chi connectivity index (χ0n) is 18.5. The molecular weight excluding hydrogens is 413 g/mol. The van der Waals surface area contributed by atoms with Gasteiger partial charge in [-0.15, -0.1) is 10.2 Å². The minimum atomic E-state index is -0.361. The third-order valence-electron chi connectivity index (χ3n) is 5.78. The molecule has 0 saturated heterocycles. The van der Waals surface area contributed by atoms with Crippen molar-refractivity contribution < 1.29 is 18.3 Å². The SMILES string of the molecule is COc1cc(CN2CCc3nnc([C@H](NC(=O)c4ccoc4)C(C)C)n3CC2)ccc1F. The Hall–Kier alpha value is -3.20. The molecular formula is C23H28FN5O3. The number of carbonyl (C=O) groups excluding carboxylic acids is 1. The highest BCUT2D eigenvalue weighted by Crippen LogP contribution is 2.24. The van der Waals surface area contributed by atoms with Crippen LogP contribution < -0.4 is 10.1 Å². The number of nitrogens with one attached hydrogen (secondary N) is 1. The maximum absolute atomic E-state index is 13.7. The van der Waals surface area contributed by atoms with Crippen LogP contribution in [0, 0.1) is 11.7 Å². The maximum Gasteiger partial charge on any atom is 0.255 e. The van der Waals surface area contributed by atoms with E-state index in [9.17, 15) is 9.18 Å². The Morgan fingerprint density at radius 2 is 2.09 bits per heavy atom. The Morgan fingerprint density at radius 1 is 1.25 bits per heavy atom. The Labute approximate surface area is 186 Å². The second-order valence-corrected chi connectivity index (χ2v) is 8.33. The fourth-order valence-corrected chi connectivity index (χ4v) is 3.99. The minimum absolute atomic E-state index is 0.130. The molecule has 4 rings (SSSR count). The third-order valence-corrected chi connectivity index (χ3v) is 5.78. The molecule has 2 aromatic heterocycles. The number of ether oxygens (including phenoxy) is 1. The lowest BCUT2D eigenvalue weighted by Gasteiger charge is -2.23. The monoisotopic (exact) mass is 441 g/mol. The van der Waals surface area contributed by atoms with Gasteiger partial charge in [-0.2, -0.15) is 0 Å². The molecule has 1 aliphatic rings. The van der Waals surface area contributed by atoms with Crippen LogP contribution in [-0.2, 0) is 19.5 Å². The van der Waals surface area contributed by atoms with Gasteiger partial charge in [0.2, 0.25) is 0 Å². The lowest BCUT2D eigenvalue weighted by molar-refractivity contribution is 0.0921. The van der Waals surface area contributed by atoms with Crippen LogP contribution in [0.5, 0.6) is 5.75 Å². The predicted molar refractivity (Wildman–Crippen MR) is 116 cm³/mol. The fourth-order valence-electron chi connectivity index (χ4n) is 3.99. The molecule has 1 atom stereocenters. The summed E-state index contributed by atoms with van der Waals surface area (Å²) in [7, 11) is 1.47. The van der Waals surface area contributed by atoms with Crippen LogP contribution in [0.25, 0.3) is 0 Å². The van der Waals surface area contributed by atoms with Gasteiger partial charge in [-0.3, -0.25) is 9.69 Å². The second-order valence-electron chi connectivity index (χ2n) is 8.33. The van der Waals surface area contributed by atoms with Crippen molar-refractivity contribution in [2.45, 2.75) is 39.4 Å². The molecule has 170 valence electrons. The molecule has 9 heteroatoms. The van der Waals surface area contributed by atoms with Gasteiger partial charge < -0.3 is 19.0 Å². The van der Waals surface area contributed by atoms with Crippen LogP contribution in [-0.4, -0.2) is 45.8 Å². The first-order chi connectivity index (χ1) is 15.5. The van der Waals surface area contributed by atoms with E-state index < -0.39 is 0 Å². The van der Waals surface area contributed by atoms with Crippen molar-refractivity contribution in [3.8, 4) is 5.75 Å². The number of nitrogens with zero attached hydrogens (tertiary/aromatic N) is 4. The van der Waals surface area contributed by atoms with Gasteiger partial charge in [0.05, 0.1) is 25.0 Å². The average molecular weight is 442 g/mol. The van der Waals surface area contributed by atoms with E-state index >= 15 is 0 Å². The second kappa shape index (κ2) is 9.52. The number of methoxy groups -OCH3 is 1. The smallest absolute Gasteiger partial charge is 0.255 e. The molecule has 0 fully saturated rings. The van der Waals surface area contributed by atoms with Gasteiger partial charge in [-0.25, -0.2) is 4.39 Å². The van der Waals surface area contributed by atoms with Gasteiger partial charge >= 0.3 is 0 Å². The molecule has 0 radical (unpaired) electrons.